The van der Waals surface area contributed by atoms with Gasteiger partial charge in [0.2, 0.25) is 11.8 Å². The number of carbonyl (C=O) groups is 3. The third-order valence-corrected chi connectivity index (χ3v) is 7.24. The second kappa shape index (κ2) is 12.4. The molecule has 0 radical (unpaired) electrons. The second-order valence-electron chi connectivity index (χ2n) is 7.63. The van der Waals surface area contributed by atoms with Crippen molar-refractivity contribution in [2.45, 2.75) is 10.1 Å². The molecule has 1 atom stereocenters. The fourth-order valence-electron chi connectivity index (χ4n) is 3.24. The number of hydrogen-bond donors (Lipinski definition) is 3. The molecule has 3 N–H and O–H groups in total. The largest absolute Gasteiger partial charge is 0.478 e. The average Bonchev–Trinajstić information content (AvgIpc) is 3.36. The number of nitrogens with zero attached hydrogens (tertiary/aromatic N) is 1. The van der Waals surface area contributed by atoms with Crippen LogP contribution in [0.3, 0.4) is 0 Å². The van der Waals surface area contributed by atoms with Gasteiger partial charge in [-0.25, -0.2) is 9.78 Å². The van der Waals surface area contributed by atoms with Gasteiger partial charge in [0, 0.05) is 38.7 Å². The molecule has 10 heteroatoms. The summed E-state index contributed by atoms with van der Waals surface area (Å²) in [6.45, 7) is 0. The lowest BCUT2D eigenvalue weighted by Crippen LogP contribution is -2.19. The number of carboxylic acid groups (broad SMARTS) is 1. The van der Waals surface area contributed by atoms with Crippen molar-refractivity contribution in [1.29, 1.82) is 0 Å². The van der Waals surface area contributed by atoms with Crippen LogP contribution in [0.4, 0.5) is 10.8 Å². The second-order valence-corrected chi connectivity index (χ2v) is 10.1. The predicted molar refractivity (Wildman–Crippen MR) is 148 cm³/mol. The molecule has 1 unspecified atom stereocenters. The van der Waals surface area contributed by atoms with E-state index in [4.69, 9.17) is 16.7 Å². The van der Waals surface area contributed by atoms with Crippen LogP contribution in [0.15, 0.2) is 101 Å². The van der Waals surface area contributed by atoms with Crippen molar-refractivity contribution < 1.29 is 19.5 Å². The number of carboxylic acids is 1. The molecular weight excluding hydrogens is 530 g/mol. The Bertz CT molecular complexity index is 1420. The molecule has 0 fully saturated rings. The van der Waals surface area contributed by atoms with E-state index in [2.05, 4.69) is 15.6 Å². The van der Waals surface area contributed by atoms with E-state index in [-0.39, 0.29) is 5.91 Å². The molecule has 0 saturated heterocycles. The van der Waals surface area contributed by atoms with Crippen LogP contribution in [0.2, 0.25) is 5.02 Å². The molecule has 0 aliphatic rings. The van der Waals surface area contributed by atoms with Gasteiger partial charge in [0.05, 0.1) is 5.69 Å². The van der Waals surface area contributed by atoms with Crippen molar-refractivity contribution in [3.8, 4) is 11.3 Å². The van der Waals surface area contributed by atoms with Crippen molar-refractivity contribution in [3.63, 3.8) is 0 Å². The van der Waals surface area contributed by atoms with Gasteiger partial charge in [-0.15, -0.1) is 23.1 Å². The Hall–Kier alpha value is -3.92. The lowest BCUT2D eigenvalue weighted by molar-refractivity contribution is -0.131. The summed E-state index contributed by atoms with van der Waals surface area (Å²) in [5.74, 6) is -1.97. The maximum absolute atomic E-state index is 13.4. The molecule has 7 nitrogen and oxygen atoms in total. The van der Waals surface area contributed by atoms with Crippen LogP contribution in [0, 0.1) is 0 Å². The van der Waals surface area contributed by atoms with Gasteiger partial charge >= 0.3 is 5.97 Å². The number of halogens is 1. The lowest BCUT2D eigenvalue weighted by atomic mass is 10.1. The van der Waals surface area contributed by atoms with Crippen LogP contribution in [0.25, 0.3) is 11.3 Å². The highest BCUT2D eigenvalue weighted by molar-refractivity contribution is 8.00. The van der Waals surface area contributed by atoms with Crippen molar-refractivity contribution in [2.24, 2.45) is 0 Å². The topological polar surface area (TPSA) is 108 Å². The van der Waals surface area contributed by atoms with E-state index in [1.54, 1.807) is 36.4 Å². The van der Waals surface area contributed by atoms with E-state index >= 15 is 0 Å². The van der Waals surface area contributed by atoms with Crippen LogP contribution in [-0.4, -0.2) is 27.9 Å². The van der Waals surface area contributed by atoms with Crippen LogP contribution in [-0.2, 0) is 14.4 Å². The van der Waals surface area contributed by atoms with Crippen LogP contribution < -0.4 is 10.6 Å². The van der Waals surface area contributed by atoms with Crippen molar-refractivity contribution in [1.82, 2.24) is 4.98 Å². The smallest absolute Gasteiger partial charge is 0.328 e. The zero-order chi connectivity index (χ0) is 26.2. The molecule has 2 amide bonds. The Morgan fingerprint density at radius 2 is 1.62 bits per heavy atom. The molecule has 3 aromatic carbocycles. The number of anilines is 2. The van der Waals surface area contributed by atoms with Crippen LogP contribution in [0.1, 0.15) is 10.8 Å². The van der Waals surface area contributed by atoms with Crippen molar-refractivity contribution in [2.75, 3.05) is 10.6 Å². The van der Waals surface area contributed by atoms with Gasteiger partial charge in [-0.1, -0.05) is 54.1 Å². The van der Waals surface area contributed by atoms with Gasteiger partial charge in [0.15, 0.2) is 5.13 Å². The summed E-state index contributed by atoms with van der Waals surface area (Å²) >= 11 is 8.67. The number of aromatic nitrogens is 1. The first-order valence-electron chi connectivity index (χ1n) is 10.9. The zero-order valence-corrected chi connectivity index (χ0v) is 21.5. The summed E-state index contributed by atoms with van der Waals surface area (Å²) in [4.78, 5) is 41.1. The Kier molecular flexibility index (Phi) is 8.73. The van der Waals surface area contributed by atoms with Crippen LogP contribution >= 0.6 is 34.7 Å². The van der Waals surface area contributed by atoms with Crippen molar-refractivity contribution >= 4 is 63.3 Å². The molecule has 4 aromatic rings. The number of rotatable bonds is 9. The highest BCUT2D eigenvalue weighted by Crippen LogP contribution is 2.37. The lowest BCUT2D eigenvalue weighted by Gasteiger charge is -2.16. The normalized spacial score (nSPS) is 11.7. The molecule has 0 saturated carbocycles. The van der Waals surface area contributed by atoms with E-state index in [0.717, 1.165) is 33.9 Å². The molecule has 0 bridgehead atoms. The molecule has 0 aliphatic carbocycles. The number of carbonyl (C=O) groups excluding carboxylic acids is 2. The fourth-order valence-corrected chi connectivity index (χ4v) is 5.11. The number of amides is 2. The van der Waals surface area contributed by atoms with Gasteiger partial charge in [-0.3, -0.25) is 9.59 Å². The van der Waals surface area contributed by atoms with E-state index in [1.807, 2.05) is 47.8 Å². The Morgan fingerprint density at radius 3 is 2.30 bits per heavy atom. The predicted octanol–water partition coefficient (Wildman–Crippen LogP) is 6.51. The standard InChI is InChI=1S/C27H20ClN3O4S2/c28-19-8-6-17(7-9-19)22-16-36-27(30-22)31-26(35)25(18-4-2-1-3-5-18)37-21-12-10-20(11-13-21)29-23(32)14-15-24(33)34/h1-16,25H,(H,29,32)(H,33,34)(H,30,31,35)/b15-14+. The fraction of sp³-hybridized carbons (Fsp3) is 0.0370. The van der Waals surface area contributed by atoms with Crippen molar-refractivity contribution in [3.05, 3.63) is 107 Å². The summed E-state index contributed by atoms with van der Waals surface area (Å²) < 4.78 is 0. The monoisotopic (exact) mass is 549 g/mol. The minimum absolute atomic E-state index is 0.218. The van der Waals surface area contributed by atoms with E-state index < -0.39 is 17.1 Å². The van der Waals surface area contributed by atoms with Gasteiger partial charge in [0.25, 0.3) is 0 Å². The molecule has 37 heavy (non-hydrogen) atoms. The van der Waals surface area contributed by atoms with Gasteiger partial charge in [-0.2, -0.15) is 0 Å². The van der Waals surface area contributed by atoms with Gasteiger partial charge in [-0.05, 0) is 42.0 Å². The number of hydrogen-bond acceptors (Lipinski definition) is 6. The highest BCUT2D eigenvalue weighted by Gasteiger charge is 2.23. The van der Waals surface area contributed by atoms with E-state index in [1.165, 1.54) is 23.1 Å². The Labute approximate surface area is 226 Å². The quantitative estimate of drug-likeness (QED) is 0.162. The first-order chi connectivity index (χ1) is 17.9. The molecule has 0 aliphatic heterocycles. The molecule has 0 spiro atoms. The maximum Gasteiger partial charge on any atom is 0.328 e. The van der Waals surface area contributed by atoms with E-state index in [9.17, 15) is 14.4 Å². The number of nitrogens with one attached hydrogen (secondary N) is 2. The molecule has 1 heterocycles. The summed E-state index contributed by atoms with van der Waals surface area (Å²) in [6, 6.07) is 23.7. The zero-order valence-electron chi connectivity index (χ0n) is 19.1. The Balaban J connectivity index is 1.47. The Morgan fingerprint density at radius 1 is 0.919 bits per heavy atom. The summed E-state index contributed by atoms with van der Waals surface area (Å²) in [5.41, 5.74) is 2.98. The number of benzene rings is 3. The summed E-state index contributed by atoms with van der Waals surface area (Å²) in [7, 11) is 0. The molecular formula is C27H20ClN3O4S2. The van der Waals surface area contributed by atoms with Gasteiger partial charge in [0.1, 0.15) is 5.25 Å². The molecule has 1 aromatic heterocycles. The van der Waals surface area contributed by atoms with E-state index in [0.29, 0.717) is 15.8 Å². The SMILES string of the molecule is O=C(O)/C=C/C(=O)Nc1ccc(SC(C(=O)Nc2nc(-c3ccc(Cl)cc3)cs2)c2ccccc2)cc1. The summed E-state index contributed by atoms with van der Waals surface area (Å²) in [6.07, 6.45) is 1.71. The highest BCUT2D eigenvalue weighted by atomic mass is 35.5. The van der Waals surface area contributed by atoms with Gasteiger partial charge < -0.3 is 15.7 Å². The van der Waals surface area contributed by atoms with Crippen LogP contribution in [0.5, 0.6) is 0 Å². The number of thioether (sulfide) groups is 1. The molecule has 4 rings (SSSR count). The minimum Gasteiger partial charge on any atom is -0.478 e. The number of aliphatic carboxylic acids is 1. The minimum atomic E-state index is -1.20. The first kappa shape index (κ1) is 26.2. The third-order valence-electron chi connectivity index (χ3n) is 4.97. The molecule has 186 valence electrons. The third kappa shape index (κ3) is 7.53. The first-order valence-corrected chi connectivity index (χ1v) is 13.1. The summed E-state index contributed by atoms with van der Waals surface area (Å²) in [5, 5.41) is 16.6. The average molecular weight is 550 g/mol. The maximum atomic E-state index is 13.4. The number of thiazole rings is 1.